The fourth-order valence-corrected chi connectivity index (χ4v) is 3.89. The quantitative estimate of drug-likeness (QED) is 0.868. The summed E-state index contributed by atoms with van der Waals surface area (Å²) >= 11 is 6.56. The van der Waals surface area contributed by atoms with Gasteiger partial charge < -0.3 is 15.1 Å². The number of fused-ring (bicyclic) bond motifs is 1. The molecular formula is C22H25ClN4. The second kappa shape index (κ2) is 7.28. The lowest BCUT2D eigenvalue weighted by molar-refractivity contribution is 0.196. The summed E-state index contributed by atoms with van der Waals surface area (Å²) in [4.78, 5) is 9.51. The summed E-state index contributed by atoms with van der Waals surface area (Å²) in [6.45, 7) is 12.9. The van der Waals surface area contributed by atoms with Crippen LogP contribution in [0, 0.1) is 13.8 Å². The van der Waals surface area contributed by atoms with Gasteiger partial charge in [0.05, 0.1) is 16.2 Å². The van der Waals surface area contributed by atoms with E-state index in [0.29, 0.717) is 0 Å². The average molecular weight is 381 g/mol. The third kappa shape index (κ3) is 3.54. The summed E-state index contributed by atoms with van der Waals surface area (Å²) in [5.41, 5.74) is 5.53. The maximum absolute atomic E-state index is 6.56. The van der Waals surface area contributed by atoms with Crippen molar-refractivity contribution in [3.8, 4) is 0 Å². The Labute approximate surface area is 165 Å². The van der Waals surface area contributed by atoms with E-state index in [1.807, 2.05) is 12.3 Å². The Balaban J connectivity index is 1.59. The van der Waals surface area contributed by atoms with Gasteiger partial charge in [0.2, 0.25) is 0 Å². The molecule has 0 radical (unpaired) electrons. The van der Waals surface area contributed by atoms with Crippen LogP contribution < -0.4 is 5.32 Å². The van der Waals surface area contributed by atoms with Crippen molar-refractivity contribution in [1.29, 1.82) is 0 Å². The largest absolute Gasteiger partial charge is 0.374 e. The summed E-state index contributed by atoms with van der Waals surface area (Å²) in [6, 6.07) is 6.23. The Morgan fingerprint density at radius 3 is 2.48 bits per heavy atom. The molecule has 1 aromatic carbocycles. The smallest absolute Gasteiger partial charge is 0.102 e. The topological polar surface area (TPSA) is 31.4 Å². The maximum atomic E-state index is 6.56. The molecule has 5 heteroatoms. The lowest BCUT2D eigenvalue weighted by atomic mass is 10.0. The molecule has 1 N–H and O–H groups in total. The average Bonchev–Trinajstić information content (AvgIpc) is 2.69. The molecular weight excluding hydrogens is 356 g/mol. The maximum Gasteiger partial charge on any atom is 0.102 e. The van der Waals surface area contributed by atoms with Gasteiger partial charge in [0.15, 0.2) is 0 Å². The van der Waals surface area contributed by atoms with E-state index in [4.69, 9.17) is 16.6 Å². The van der Waals surface area contributed by atoms with Crippen molar-refractivity contribution in [2.24, 2.45) is 0 Å². The van der Waals surface area contributed by atoms with Crippen molar-refractivity contribution in [2.75, 3.05) is 32.7 Å². The predicted octanol–water partition coefficient (Wildman–Crippen LogP) is 4.09. The first kappa shape index (κ1) is 17.9. The third-order valence-electron chi connectivity index (χ3n) is 5.52. The summed E-state index contributed by atoms with van der Waals surface area (Å²) in [5.74, 6) is 1.18. The molecule has 27 heavy (non-hydrogen) atoms. The number of piperazine rings is 1. The van der Waals surface area contributed by atoms with Crippen LogP contribution in [0.1, 0.15) is 16.8 Å². The van der Waals surface area contributed by atoms with E-state index in [2.05, 4.69) is 59.8 Å². The van der Waals surface area contributed by atoms with Gasteiger partial charge in [0.25, 0.3) is 0 Å². The van der Waals surface area contributed by atoms with Gasteiger partial charge in [-0.15, -0.1) is 0 Å². The molecule has 3 heterocycles. The number of dihydropyridines is 1. The van der Waals surface area contributed by atoms with Crippen LogP contribution >= 0.6 is 11.6 Å². The number of hydrogen-bond donors (Lipinski definition) is 1. The summed E-state index contributed by atoms with van der Waals surface area (Å²) in [6.07, 6.45) is 6.25. The monoisotopic (exact) mass is 380 g/mol. The first-order valence-corrected chi connectivity index (χ1v) is 9.77. The Morgan fingerprint density at radius 2 is 1.81 bits per heavy atom. The number of benzene rings is 1. The molecule has 4 nitrogen and oxygen atoms in total. The van der Waals surface area contributed by atoms with Crippen LogP contribution in [0.3, 0.4) is 0 Å². The fraction of sp³-hybridized carbons (Fsp3) is 0.318. The lowest BCUT2D eigenvalue weighted by Crippen LogP contribution is -2.46. The highest BCUT2D eigenvalue weighted by atomic mass is 35.5. The lowest BCUT2D eigenvalue weighted by Gasteiger charge is -2.37. The van der Waals surface area contributed by atoms with E-state index in [1.54, 1.807) is 0 Å². The van der Waals surface area contributed by atoms with Crippen LogP contribution in [0.15, 0.2) is 49.0 Å². The number of allylic oxidation sites excluding steroid dienone is 2. The van der Waals surface area contributed by atoms with E-state index in [1.165, 1.54) is 16.9 Å². The number of pyridine rings is 1. The minimum absolute atomic E-state index is 0.757. The third-order valence-corrected chi connectivity index (χ3v) is 5.83. The molecule has 1 saturated heterocycles. The molecule has 0 saturated carbocycles. The number of nitrogens with zero attached hydrogens (tertiary/aromatic N) is 3. The molecule has 0 spiro atoms. The van der Waals surface area contributed by atoms with Gasteiger partial charge in [0.1, 0.15) is 5.82 Å². The number of aromatic nitrogens is 1. The van der Waals surface area contributed by atoms with Crippen molar-refractivity contribution in [1.82, 2.24) is 20.1 Å². The molecule has 0 atom stereocenters. The van der Waals surface area contributed by atoms with Crippen LogP contribution in [-0.4, -0.2) is 47.5 Å². The standard InChI is InChI=1S/C22H25ClN4/c1-4-26-7-9-27(10-8-26)22-6-5-17(14-24-22)20-13-19(23)18-11-15(2)16(3)12-21(18)25-20/h4-6,11-13,24H,1,7-10,14H2,2-3H3. The van der Waals surface area contributed by atoms with E-state index < -0.39 is 0 Å². The summed E-state index contributed by atoms with van der Waals surface area (Å²) in [7, 11) is 0. The summed E-state index contributed by atoms with van der Waals surface area (Å²) in [5, 5.41) is 5.33. The van der Waals surface area contributed by atoms with Crippen molar-refractivity contribution < 1.29 is 0 Å². The highest BCUT2D eigenvalue weighted by Gasteiger charge is 2.19. The zero-order chi connectivity index (χ0) is 19.0. The highest BCUT2D eigenvalue weighted by Crippen LogP contribution is 2.29. The SMILES string of the molecule is C=CN1CCN(C2=CC=C(c3cc(Cl)c4cc(C)c(C)cc4n3)CN2)CC1. The van der Waals surface area contributed by atoms with Gasteiger partial charge in [-0.1, -0.05) is 24.3 Å². The van der Waals surface area contributed by atoms with Gasteiger partial charge in [-0.2, -0.15) is 0 Å². The van der Waals surface area contributed by atoms with Crippen molar-refractivity contribution >= 4 is 28.1 Å². The Bertz CT molecular complexity index is 952. The molecule has 0 bridgehead atoms. The van der Waals surface area contributed by atoms with E-state index in [9.17, 15) is 0 Å². The second-order valence-corrected chi connectivity index (χ2v) is 7.65. The molecule has 1 fully saturated rings. The van der Waals surface area contributed by atoms with Gasteiger partial charge in [0, 0.05) is 38.1 Å². The van der Waals surface area contributed by atoms with Crippen LogP contribution in [0.2, 0.25) is 5.02 Å². The molecule has 0 unspecified atom stereocenters. The van der Waals surface area contributed by atoms with Crippen LogP contribution in [0.4, 0.5) is 0 Å². The minimum Gasteiger partial charge on any atom is -0.374 e. The zero-order valence-corrected chi connectivity index (χ0v) is 16.7. The van der Waals surface area contributed by atoms with E-state index in [0.717, 1.165) is 59.9 Å². The van der Waals surface area contributed by atoms with Crippen LogP contribution in [0.25, 0.3) is 16.5 Å². The molecule has 0 amide bonds. The Hall–Kier alpha value is -2.46. The predicted molar refractivity (Wildman–Crippen MR) is 114 cm³/mol. The molecule has 0 aliphatic carbocycles. The molecule has 1 aromatic heterocycles. The van der Waals surface area contributed by atoms with E-state index >= 15 is 0 Å². The number of rotatable bonds is 3. The van der Waals surface area contributed by atoms with Crippen molar-refractivity contribution in [3.63, 3.8) is 0 Å². The van der Waals surface area contributed by atoms with Crippen LogP contribution in [0.5, 0.6) is 0 Å². The second-order valence-electron chi connectivity index (χ2n) is 7.25. The summed E-state index contributed by atoms with van der Waals surface area (Å²) < 4.78 is 0. The van der Waals surface area contributed by atoms with Gasteiger partial charge >= 0.3 is 0 Å². The van der Waals surface area contributed by atoms with Gasteiger partial charge in [-0.25, -0.2) is 4.98 Å². The number of halogens is 1. The number of aryl methyl sites for hydroxylation is 2. The molecule has 2 aliphatic rings. The highest BCUT2D eigenvalue weighted by molar-refractivity contribution is 6.35. The van der Waals surface area contributed by atoms with Crippen molar-refractivity contribution in [3.05, 3.63) is 70.8 Å². The number of nitrogens with one attached hydrogen (secondary N) is 1. The molecule has 4 rings (SSSR count). The normalized spacial score (nSPS) is 17.4. The Kier molecular flexibility index (Phi) is 4.83. The fourth-order valence-electron chi connectivity index (χ4n) is 3.63. The molecule has 2 aliphatic heterocycles. The molecule has 2 aromatic rings. The first-order chi connectivity index (χ1) is 13.0. The van der Waals surface area contributed by atoms with Gasteiger partial charge in [-0.05, 0) is 61.0 Å². The minimum atomic E-state index is 0.757. The van der Waals surface area contributed by atoms with Crippen molar-refractivity contribution in [2.45, 2.75) is 13.8 Å². The molecule has 140 valence electrons. The first-order valence-electron chi connectivity index (χ1n) is 9.39. The van der Waals surface area contributed by atoms with E-state index in [-0.39, 0.29) is 0 Å². The van der Waals surface area contributed by atoms with Gasteiger partial charge in [-0.3, -0.25) is 0 Å². The number of hydrogen-bond acceptors (Lipinski definition) is 4. The van der Waals surface area contributed by atoms with Crippen LogP contribution in [-0.2, 0) is 0 Å². The Morgan fingerprint density at radius 1 is 1.07 bits per heavy atom. The zero-order valence-electron chi connectivity index (χ0n) is 15.9.